The number of hydrogen-bond acceptors (Lipinski definition) is 9. The quantitative estimate of drug-likeness (QED) is 0.239. The van der Waals surface area contributed by atoms with Crippen LogP contribution < -0.4 is 16.0 Å². The minimum atomic E-state index is -2.87. The second-order valence-electron chi connectivity index (χ2n) is 8.26. The number of aromatic nitrogens is 2. The number of rotatable bonds is 9. The van der Waals surface area contributed by atoms with Crippen molar-refractivity contribution in [2.45, 2.75) is 38.5 Å². The molecule has 12 heteroatoms. The second-order valence-corrected chi connectivity index (χ2v) is 8.26. The Kier molecular flexibility index (Phi) is 7.79. The monoisotopic (exact) mass is 478 g/mol. The van der Waals surface area contributed by atoms with Crippen LogP contribution in [0.1, 0.15) is 41.7 Å². The number of piperidine rings is 1. The number of benzene rings is 1. The van der Waals surface area contributed by atoms with E-state index in [1.807, 2.05) is 0 Å². The van der Waals surface area contributed by atoms with Crippen molar-refractivity contribution in [1.82, 2.24) is 9.97 Å². The Morgan fingerprint density at radius 1 is 1.32 bits per heavy atom. The van der Waals surface area contributed by atoms with Crippen molar-refractivity contribution in [1.29, 1.82) is 0 Å². The molecule has 184 valence electrons. The van der Waals surface area contributed by atoms with Crippen molar-refractivity contribution in [2.24, 2.45) is 5.92 Å². The van der Waals surface area contributed by atoms with Crippen molar-refractivity contribution >= 4 is 29.1 Å². The number of carbonyl (C=O) groups is 1. The van der Waals surface area contributed by atoms with E-state index in [-0.39, 0.29) is 56.6 Å². The van der Waals surface area contributed by atoms with E-state index in [0.29, 0.717) is 23.1 Å². The number of aryl methyl sites for hydroxylation is 1. The fourth-order valence-electron chi connectivity index (χ4n) is 4.12. The maximum atomic E-state index is 14.9. The maximum Gasteiger partial charge on any atom is 0.339 e. The average Bonchev–Trinajstić information content (AvgIpc) is 2.80. The number of methoxy groups -OCH3 is 1. The molecule has 3 N–H and O–H groups in total. The van der Waals surface area contributed by atoms with Crippen LogP contribution >= 0.6 is 0 Å². The third-order valence-electron chi connectivity index (χ3n) is 5.87. The zero-order chi connectivity index (χ0) is 24.9. The van der Waals surface area contributed by atoms with E-state index in [1.165, 1.54) is 25.3 Å². The number of nitrogens with zero attached hydrogens (tertiary/aromatic N) is 4. The first-order valence-corrected chi connectivity index (χ1v) is 11.0. The van der Waals surface area contributed by atoms with Crippen molar-refractivity contribution < 1.29 is 23.2 Å². The average molecular weight is 479 g/mol. The summed E-state index contributed by atoms with van der Waals surface area (Å²) in [6, 6.07) is 5.46. The van der Waals surface area contributed by atoms with Crippen molar-refractivity contribution in [2.75, 3.05) is 42.7 Å². The minimum absolute atomic E-state index is 0.170. The molecule has 3 rings (SSSR count). The summed E-state index contributed by atoms with van der Waals surface area (Å²) in [7, 11) is 1.22. The number of carbonyl (C=O) groups excluding carboxylic acids is 1. The van der Waals surface area contributed by atoms with E-state index >= 15 is 0 Å². The zero-order valence-electron chi connectivity index (χ0n) is 19.1. The van der Waals surface area contributed by atoms with Gasteiger partial charge in [0.05, 0.1) is 23.3 Å². The Morgan fingerprint density at radius 3 is 2.65 bits per heavy atom. The summed E-state index contributed by atoms with van der Waals surface area (Å²) in [5.41, 5.74) is 6.67. The number of alkyl halides is 2. The molecule has 2 aromatic rings. The summed E-state index contributed by atoms with van der Waals surface area (Å²) in [5.74, 6) is -3.70. The van der Waals surface area contributed by atoms with E-state index in [2.05, 4.69) is 15.3 Å². The molecule has 0 unspecified atom stereocenters. The highest BCUT2D eigenvalue weighted by atomic mass is 19.3. The summed E-state index contributed by atoms with van der Waals surface area (Å²) in [4.78, 5) is 32.6. The number of nitro benzene ring substituents is 1. The fourth-order valence-corrected chi connectivity index (χ4v) is 4.12. The van der Waals surface area contributed by atoms with Crippen molar-refractivity contribution in [3.05, 3.63) is 45.6 Å². The Labute approximate surface area is 195 Å². The van der Waals surface area contributed by atoms with Gasteiger partial charge in [0.2, 0.25) is 5.95 Å². The molecule has 0 aliphatic carbocycles. The molecular formula is C22H28F2N6O4. The Balaban J connectivity index is 1.57. The molecule has 34 heavy (non-hydrogen) atoms. The first-order chi connectivity index (χ1) is 16.1. The van der Waals surface area contributed by atoms with Crippen molar-refractivity contribution in [3.8, 4) is 0 Å². The number of non-ortho nitro benzene ring substituents is 1. The molecule has 2 heterocycles. The highest BCUT2D eigenvalue weighted by molar-refractivity contribution is 5.96. The lowest BCUT2D eigenvalue weighted by molar-refractivity contribution is -0.384. The first-order valence-electron chi connectivity index (χ1n) is 11.0. The largest absolute Gasteiger partial charge is 0.465 e. The molecule has 0 saturated carbocycles. The molecule has 0 bridgehead atoms. The van der Waals surface area contributed by atoms with E-state index in [4.69, 9.17) is 10.5 Å². The SMILES string of the molecule is COC(=O)c1ccc([N+](=O)[O-])cc1N1CCC(C(F)(F)CCCNc2nc(C)cc(N)n2)CC1. The molecule has 1 aliphatic rings. The predicted octanol–water partition coefficient (Wildman–Crippen LogP) is 3.81. The van der Waals surface area contributed by atoms with Gasteiger partial charge in [-0.05, 0) is 32.3 Å². The molecule has 1 saturated heterocycles. The van der Waals surface area contributed by atoms with Crippen molar-refractivity contribution in [3.63, 3.8) is 0 Å². The number of anilines is 3. The predicted molar refractivity (Wildman–Crippen MR) is 123 cm³/mol. The van der Waals surface area contributed by atoms with Crippen LogP contribution in [0, 0.1) is 23.0 Å². The molecule has 0 spiro atoms. The van der Waals surface area contributed by atoms with Crippen LogP contribution in [0.15, 0.2) is 24.3 Å². The van der Waals surface area contributed by atoms with Gasteiger partial charge in [-0.1, -0.05) is 0 Å². The lowest BCUT2D eigenvalue weighted by atomic mass is 9.87. The second kappa shape index (κ2) is 10.6. The summed E-state index contributed by atoms with van der Waals surface area (Å²) >= 11 is 0. The topological polar surface area (TPSA) is 137 Å². The fraction of sp³-hybridized carbons (Fsp3) is 0.500. The van der Waals surface area contributed by atoms with Gasteiger partial charge < -0.3 is 20.7 Å². The molecular weight excluding hydrogens is 450 g/mol. The summed E-state index contributed by atoms with van der Waals surface area (Å²) in [6.07, 6.45) is 0.320. The standard InChI is InChI=1S/C22H28F2N6O4/c1-14-12-19(25)28-21(27-14)26-9-3-8-22(23,24)15-6-10-29(11-7-15)18-13-16(30(32)33)4-5-17(18)20(31)34-2/h4-5,12-13,15H,3,6-11H2,1-2H3,(H3,25,26,27,28). The molecule has 10 nitrogen and oxygen atoms in total. The number of nitro groups is 1. The van der Waals surface area contributed by atoms with Gasteiger partial charge >= 0.3 is 5.97 Å². The van der Waals surface area contributed by atoms with Crippen LogP contribution in [0.25, 0.3) is 0 Å². The molecule has 1 aromatic heterocycles. The van der Waals surface area contributed by atoms with Gasteiger partial charge in [0, 0.05) is 55.9 Å². The lowest BCUT2D eigenvalue weighted by Gasteiger charge is -2.37. The van der Waals surface area contributed by atoms with E-state index in [1.54, 1.807) is 17.9 Å². The van der Waals surface area contributed by atoms with E-state index in [9.17, 15) is 23.7 Å². The highest BCUT2D eigenvalue weighted by Crippen LogP contribution is 2.38. The Bertz CT molecular complexity index is 1020. The number of nitrogens with one attached hydrogen (secondary N) is 1. The number of nitrogens with two attached hydrogens (primary N) is 1. The third kappa shape index (κ3) is 6.06. The van der Waals surface area contributed by atoms with Crippen LogP contribution in [0.5, 0.6) is 0 Å². The number of nitrogen functional groups attached to an aromatic ring is 1. The molecule has 0 radical (unpaired) electrons. The van der Waals surface area contributed by atoms with Crippen LogP contribution in [0.3, 0.4) is 0 Å². The summed E-state index contributed by atoms with van der Waals surface area (Å²) in [6.45, 7) is 2.55. The van der Waals surface area contributed by atoms with Gasteiger partial charge in [0.25, 0.3) is 11.6 Å². The summed E-state index contributed by atoms with van der Waals surface area (Å²) < 4.78 is 34.5. The molecule has 0 amide bonds. The van der Waals surface area contributed by atoms with E-state index < -0.39 is 22.7 Å². The number of ether oxygens (including phenoxy) is 1. The van der Waals surface area contributed by atoms with Gasteiger partial charge in [-0.2, -0.15) is 4.98 Å². The summed E-state index contributed by atoms with van der Waals surface area (Å²) in [5, 5.41) is 14.1. The number of hydrogen-bond donors (Lipinski definition) is 2. The Morgan fingerprint density at radius 2 is 2.03 bits per heavy atom. The van der Waals surface area contributed by atoms with Gasteiger partial charge in [-0.3, -0.25) is 10.1 Å². The highest BCUT2D eigenvalue weighted by Gasteiger charge is 2.41. The first kappa shape index (κ1) is 25.1. The van der Waals surface area contributed by atoms with Gasteiger partial charge in [0.15, 0.2) is 0 Å². The normalized spacial score (nSPS) is 14.6. The third-order valence-corrected chi connectivity index (χ3v) is 5.87. The van der Waals surface area contributed by atoms with Crippen LogP contribution in [0.4, 0.5) is 31.9 Å². The van der Waals surface area contributed by atoms with E-state index in [0.717, 1.165) is 0 Å². The van der Waals surface area contributed by atoms with Gasteiger partial charge in [-0.25, -0.2) is 18.6 Å². The number of halogens is 2. The Hall–Kier alpha value is -3.57. The molecule has 1 aromatic carbocycles. The zero-order valence-corrected chi connectivity index (χ0v) is 19.1. The molecule has 0 atom stereocenters. The van der Waals surface area contributed by atoms with Crippen LogP contribution in [0.2, 0.25) is 0 Å². The minimum Gasteiger partial charge on any atom is -0.465 e. The molecule has 1 aliphatic heterocycles. The van der Waals surface area contributed by atoms with Crippen LogP contribution in [-0.2, 0) is 4.74 Å². The smallest absolute Gasteiger partial charge is 0.339 e. The van der Waals surface area contributed by atoms with Crippen LogP contribution in [-0.4, -0.2) is 53.5 Å². The maximum absolute atomic E-state index is 14.9. The van der Waals surface area contributed by atoms with Gasteiger partial charge in [-0.15, -0.1) is 0 Å². The molecule has 1 fully saturated rings. The van der Waals surface area contributed by atoms with Gasteiger partial charge in [0.1, 0.15) is 5.82 Å². The lowest BCUT2D eigenvalue weighted by Crippen LogP contribution is -2.41. The number of esters is 1.